The third kappa shape index (κ3) is 4.89. The Balaban J connectivity index is 1.49. The highest BCUT2D eigenvalue weighted by molar-refractivity contribution is 5.94. The minimum atomic E-state index is -0.305. The van der Waals surface area contributed by atoms with E-state index in [9.17, 15) is 9.59 Å². The van der Waals surface area contributed by atoms with Crippen LogP contribution in [-0.4, -0.2) is 36.9 Å². The van der Waals surface area contributed by atoms with Crippen LogP contribution < -0.4 is 15.8 Å². The Bertz CT molecular complexity index is 802. The Hall–Kier alpha value is -2.86. The molecule has 1 aliphatic heterocycles. The molecule has 1 atom stereocenters. The van der Waals surface area contributed by atoms with Crippen LogP contribution in [0.15, 0.2) is 54.6 Å². The van der Waals surface area contributed by atoms with Crippen molar-refractivity contribution in [3.8, 4) is 5.75 Å². The van der Waals surface area contributed by atoms with Crippen molar-refractivity contribution >= 4 is 17.5 Å². The fraction of sp³-hybridized carbons (Fsp3) is 0.364. The van der Waals surface area contributed by atoms with Crippen LogP contribution in [0.25, 0.3) is 0 Å². The maximum atomic E-state index is 12.6. The smallest absolute Gasteiger partial charge is 0.227 e. The maximum absolute atomic E-state index is 12.6. The van der Waals surface area contributed by atoms with E-state index in [0.717, 1.165) is 5.56 Å². The molecule has 28 heavy (non-hydrogen) atoms. The van der Waals surface area contributed by atoms with Gasteiger partial charge in [-0.05, 0) is 30.5 Å². The molecule has 0 aromatic heterocycles. The molecule has 1 heterocycles. The number of para-hydroxylation sites is 2. The molecule has 6 heteroatoms. The van der Waals surface area contributed by atoms with E-state index in [2.05, 4.69) is 5.32 Å². The van der Waals surface area contributed by atoms with Crippen molar-refractivity contribution in [2.45, 2.75) is 25.3 Å². The second kappa shape index (κ2) is 9.37. The normalized spacial score (nSPS) is 15.7. The highest BCUT2D eigenvalue weighted by atomic mass is 16.5. The number of nitrogens with one attached hydrogen (secondary N) is 1. The zero-order chi connectivity index (χ0) is 19.9. The third-order valence-corrected chi connectivity index (χ3v) is 5.21. The van der Waals surface area contributed by atoms with Gasteiger partial charge in [0.05, 0.1) is 12.8 Å². The molecule has 1 unspecified atom stereocenters. The van der Waals surface area contributed by atoms with Crippen molar-refractivity contribution in [2.75, 3.05) is 25.5 Å². The van der Waals surface area contributed by atoms with Crippen LogP contribution in [0.3, 0.4) is 0 Å². The predicted molar refractivity (Wildman–Crippen MR) is 109 cm³/mol. The van der Waals surface area contributed by atoms with E-state index >= 15 is 0 Å². The highest BCUT2D eigenvalue weighted by Gasteiger charge is 2.28. The van der Waals surface area contributed by atoms with Gasteiger partial charge in [-0.25, -0.2) is 0 Å². The second-order valence-electron chi connectivity index (χ2n) is 7.07. The maximum Gasteiger partial charge on any atom is 0.227 e. The molecule has 3 N–H and O–H groups in total. The molecular weight excluding hydrogens is 354 g/mol. The van der Waals surface area contributed by atoms with E-state index < -0.39 is 0 Å². The van der Waals surface area contributed by atoms with Gasteiger partial charge in [-0.15, -0.1) is 0 Å². The molecule has 148 valence electrons. The summed E-state index contributed by atoms with van der Waals surface area (Å²) in [5.74, 6) is 0.535. The largest absolute Gasteiger partial charge is 0.495 e. The monoisotopic (exact) mass is 381 g/mol. The average Bonchev–Trinajstić information content (AvgIpc) is 2.74. The van der Waals surface area contributed by atoms with E-state index in [-0.39, 0.29) is 30.2 Å². The van der Waals surface area contributed by atoms with Gasteiger partial charge < -0.3 is 20.7 Å². The lowest BCUT2D eigenvalue weighted by molar-refractivity contribution is -0.134. The molecule has 2 aromatic rings. The first-order valence-corrected chi connectivity index (χ1v) is 9.60. The van der Waals surface area contributed by atoms with Gasteiger partial charge in [0, 0.05) is 31.5 Å². The first kappa shape index (κ1) is 19.9. The number of methoxy groups -OCH3 is 1. The molecule has 2 amide bonds. The molecule has 1 fully saturated rings. The number of likely N-dealkylation sites (tertiary alicyclic amines) is 1. The molecule has 0 bridgehead atoms. The van der Waals surface area contributed by atoms with Gasteiger partial charge in [0.2, 0.25) is 11.8 Å². The molecule has 0 radical (unpaired) electrons. The minimum Gasteiger partial charge on any atom is -0.495 e. The molecule has 1 aliphatic rings. The zero-order valence-electron chi connectivity index (χ0n) is 16.1. The first-order chi connectivity index (χ1) is 13.6. The predicted octanol–water partition coefficient (Wildman–Crippen LogP) is 2.96. The minimum absolute atomic E-state index is 0.0300. The van der Waals surface area contributed by atoms with E-state index in [1.165, 1.54) is 0 Å². The molecule has 0 saturated carbocycles. The molecule has 0 aliphatic carbocycles. The lowest BCUT2D eigenvalue weighted by atomic mass is 9.95. The first-order valence-electron chi connectivity index (χ1n) is 9.60. The van der Waals surface area contributed by atoms with Crippen molar-refractivity contribution in [3.63, 3.8) is 0 Å². The number of carbonyl (C=O) groups is 2. The summed E-state index contributed by atoms with van der Waals surface area (Å²) in [6.45, 7) is 1.15. The van der Waals surface area contributed by atoms with Gasteiger partial charge in [-0.2, -0.15) is 0 Å². The zero-order valence-corrected chi connectivity index (χ0v) is 16.1. The van der Waals surface area contributed by atoms with E-state index in [4.69, 9.17) is 10.5 Å². The third-order valence-electron chi connectivity index (χ3n) is 5.21. The number of ether oxygens (including phenoxy) is 1. The van der Waals surface area contributed by atoms with Crippen LogP contribution in [0.4, 0.5) is 5.69 Å². The molecule has 0 spiro atoms. The van der Waals surface area contributed by atoms with Crippen molar-refractivity contribution < 1.29 is 14.3 Å². The van der Waals surface area contributed by atoms with Crippen molar-refractivity contribution in [1.29, 1.82) is 0 Å². The Morgan fingerprint density at radius 2 is 1.75 bits per heavy atom. The van der Waals surface area contributed by atoms with E-state index in [1.807, 2.05) is 59.5 Å². The number of carbonyl (C=O) groups excluding carboxylic acids is 2. The van der Waals surface area contributed by atoms with Gasteiger partial charge in [-0.3, -0.25) is 9.59 Å². The Morgan fingerprint density at radius 1 is 1.11 bits per heavy atom. The number of hydrogen-bond donors (Lipinski definition) is 2. The van der Waals surface area contributed by atoms with Gasteiger partial charge in [0.15, 0.2) is 0 Å². The summed E-state index contributed by atoms with van der Waals surface area (Å²) in [6, 6.07) is 16.7. The fourth-order valence-electron chi connectivity index (χ4n) is 3.51. The van der Waals surface area contributed by atoms with E-state index in [1.54, 1.807) is 7.11 Å². The summed E-state index contributed by atoms with van der Waals surface area (Å²) < 4.78 is 5.28. The van der Waals surface area contributed by atoms with Crippen LogP contribution in [0.2, 0.25) is 0 Å². The quantitative estimate of drug-likeness (QED) is 0.806. The topological polar surface area (TPSA) is 84.7 Å². The Morgan fingerprint density at radius 3 is 2.43 bits per heavy atom. The summed E-state index contributed by atoms with van der Waals surface area (Å²) in [7, 11) is 1.58. The van der Waals surface area contributed by atoms with Gasteiger partial charge in [-0.1, -0.05) is 42.5 Å². The summed E-state index contributed by atoms with van der Waals surface area (Å²) >= 11 is 0. The number of benzene rings is 2. The number of nitrogens with zero attached hydrogens (tertiary/aromatic N) is 1. The van der Waals surface area contributed by atoms with Crippen molar-refractivity contribution in [3.05, 3.63) is 60.2 Å². The molecule has 2 aromatic carbocycles. The van der Waals surface area contributed by atoms with Crippen molar-refractivity contribution in [1.82, 2.24) is 4.90 Å². The van der Waals surface area contributed by atoms with Gasteiger partial charge in [0.1, 0.15) is 5.75 Å². The Labute approximate surface area is 165 Å². The number of piperidine rings is 1. The second-order valence-corrected chi connectivity index (χ2v) is 7.07. The number of nitrogens with two attached hydrogens (primary N) is 1. The Kier molecular flexibility index (Phi) is 6.66. The van der Waals surface area contributed by atoms with Gasteiger partial charge >= 0.3 is 0 Å². The van der Waals surface area contributed by atoms with Crippen LogP contribution in [0.5, 0.6) is 5.75 Å². The fourth-order valence-corrected chi connectivity index (χ4v) is 3.51. The molecule has 3 rings (SSSR count). The standard InChI is InChI=1S/C22H27N3O3/c1-28-20-10-6-5-9-19(20)24-22(27)17-11-13-25(14-12-17)21(26)15-18(23)16-7-3-2-4-8-16/h2-10,17-18H,11-15,23H2,1H3,(H,24,27). The van der Waals surface area contributed by atoms with Crippen LogP contribution in [0, 0.1) is 5.92 Å². The summed E-state index contributed by atoms with van der Waals surface area (Å²) in [5, 5.41) is 2.94. The number of hydrogen-bond acceptors (Lipinski definition) is 4. The van der Waals surface area contributed by atoms with Crippen LogP contribution >= 0.6 is 0 Å². The number of anilines is 1. The summed E-state index contributed by atoms with van der Waals surface area (Å²) in [5.41, 5.74) is 7.80. The molecule has 6 nitrogen and oxygen atoms in total. The number of amides is 2. The number of rotatable bonds is 6. The lowest BCUT2D eigenvalue weighted by Crippen LogP contribution is -2.42. The van der Waals surface area contributed by atoms with Crippen LogP contribution in [-0.2, 0) is 9.59 Å². The SMILES string of the molecule is COc1ccccc1NC(=O)C1CCN(C(=O)CC(N)c2ccccc2)CC1. The molecular formula is C22H27N3O3. The van der Waals surface area contributed by atoms with E-state index in [0.29, 0.717) is 37.4 Å². The van der Waals surface area contributed by atoms with Gasteiger partial charge in [0.25, 0.3) is 0 Å². The lowest BCUT2D eigenvalue weighted by Gasteiger charge is -2.32. The highest BCUT2D eigenvalue weighted by Crippen LogP contribution is 2.26. The molecule has 1 saturated heterocycles. The summed E-state index contributed by atoms with van der Waals surface area (Å²) in [4.78, 5) is 27.0. The average molecular weight is 381 g/mol. The van der Waals surface area contributed by atoms with Crippen LogP contribution in [0.1, 0.15) is 30.9 Å². The van der Waals surface area contributed by atoms with Crippen molar-refractivity contribution in [2.24, 2.45) is 11.7 Å². The summed E-state index contributed by atoms with van der Waals surface area (Å²) in [6.07, 6.45) is 1.57.